The van der Waals surface area contributed by atoms with Crippen molar-refractivity contribution in [3.05, 3.63) is 0 Å². The Morgan fingerprint density at radius 3 is 0.350 bits per heavy atom. The van der Waals surface area contributed by atoms with Gasteiger partial charge in [0.1, 0.15) is 0 Å². The van der Waals surface area contributed by atoms with E-state index in [0.717, 1.165) is 11.8 Å². The summed E-state index contributed by atoms with van der Waals surface area (Å²) in [6.07, 6.45) is 110. The fourth-order valence-electron chi connectivity index (χ4n) is 13.9. The van der Waals surface area contributed by atoms with Gasteiger partial charge in [0.2, 0.25) is 0 Å². The predicted molar refractivity (Wildman–Crippen MR) is 371 cm³/mol. The molecule has 0 aromatic heterocycles. The van der Waals surface area contributed by atoms with Crippen molar-refractivity contribution in [3.8, 4) is 0 Å². The summed E-state index contributed by atoms with van der Waals surface area (Å²) in [6, 6.07) is 0. The molecule has 0 spiro atoms. The van der Waals surface area contributed by atoms with E-state index in [1.165, 1.54) is 475 Å². The van der Waals surface area contributed by atoms with Gasteiger partial charge < -0.3 is 0 Å². The monoisotopic (exact) mass is 1120 g/mol. The van der Waals surface area contributed by atoms with Crippen LogP contribution in [0.1, 0.15) is 503 Å². The van der Waals surface area contributed by atoms with Gasteiger partial charge in [-0.05, 0) is 11.8 Å². The van der Waals surface area contributed by atoms with E-state index in [0.29, 0.717) is 0 Å². The molecule has 0 aromatic carbocycles. The normalized spacial score (nSPS) is 12.6. The smallest absolute Gasteiger partial charge is 0.0414 e. The number of rotatable bonds is 75. The minimum Gasteiger partial charge on any atom is -0.0654 e. The van der Waals surface area contributed by atoms with Crippen LogP contribution >= 0.6 is 0 Å². The topological polar surface area (TPSA) is 0 Å². The molecular weight excluding hydrogens is 961 g/mol. The third kappa shape index (κ3) is 72.3. The number of hydrogen-bond donors (Lipinski definition) is 0. The Hall–Kier alpha value is 0. The summed E-state index contributed by atoms with van der Waals surface area (Å²) in [5.74, 6) is 1.97. The summed E-state index contributed by atoms with van der Waals surface area (Å²) >= 11 is 0. The maximum absolute atomic E-state index is 2.56. The molecule has 0 heteroatoms. The fourth-order valence-corrected chi connectivity index (χ4v) is 13.9. The second-order valence-electron chi connectivity index (χ2n) is 28.2. The Morgan fingerprint density at radius 1 is 0.125 bits per heavy atom. The molecule has 0 amide bonds. The Bertz CT molecular complexity index is 1010. The van der Waals surface area contributed by atoms with Gasteiger partial charge in [-0.15, -0.1) is 0 Å². The second-order valence-corrected chi connectivity index (χ2v) is 28.2. The zero-order valence-electron chi connectivity index (χ0n) is 57.5. The zero-order chi connectivity index (χ0) is 57.5. The highest BCUT2D eigenvalue weighted by Crippen LogP contribution is 2.27. The van der Waals surface area contributed by atoms with Gasteiger partial charge in [0.25, 0.3) is 0 Å². The largest absolute Gasteiger partial charge is 0.0654 e. The van der Waals surface area contributed by atoms with Crippen molar-refractivity contribution in [2.45, 2.75) is 503 Å². The van der Waals surface area contributed by atoms with E-state index in [4.69, 9.17) is 0 Å². The zero-order valence-corrected chi connectivity index (χ0v) is 57.5. The van der Waals surface area contributed by atoms with Gasteiger partial charge in [0.05, 0.1) is 0 Å². The number of unbranched alkanes of at least 4 members (excludes halogenated alkanes) is 65. The average molecular weight is 1120 g/mol. The summed E-state index contributed by atoms with van der Waals surface area (Å²) < 4.78 is 0. The highest BCUT2D eigenvalue weighted by Gasteiger charge is 2.10. The first-order valence-electron chi connectivity index (χ1n) is 39.7. The van der Waals surface area contributed by atoms with Crippen molar-refractivity contribution >= 4 is 0 Å². The van der Waals surface area contributed by atoms with E-state index in [1.807, 2.05) is 0 Å². The van der Waals surface area contributed by atoms with E-state index in [-0.39, 0.29) is 0 Å². The molecule has 0 N–H and O–H groups in total. The van der Waals surface area contributed by atoms with E-state index >= 15 is 0 Å². The van der Waals surface area contributed by atoms with Gasteiger partial charge in [-0.1, -0.05) is 503 Å². The lowest BCUT2D eigenvalue weighted by molar-refractivity contribution is 0.362. The Balaban J connectivity index is 4.06. The summed E-state index contributed by atoms with van der Waals surface area (Å²) in [6.45, 7) is 9.53. The highest BCUT2D eigenvalue weighted by molar-refractivity contribution is 4.64. The first-order chi connectivity index (χ1) is 39.7. The Morgan fingerprint density at radius 2 is 0.225 bits per heavy atom. The summed E-state index contributed by atoms with van der Waals surface area (Å²) in [5.41, 5.74) is 0. The molecule has 0 aliphatic heterocycles. The van der Waals surface area contributed by atoms with Crippen LogP contribution in [0.2, 0.25) is 0 Å². The van der Waals surface area contributed by atoms with Gasteiger partial charge in [0, 0.05) is 0 Å². The van der Waals surface area contributed by atoms with Crippen molar-refractivity contribution in [2.75, 3.05) is 0 Å². The SMILES string of the molecule is CCCCCCCCCCCCCCCCCCCCCCCCCCCC(CCCCCCCCCCCCCCCCCCCCCCCC)CCCCCCC(C)CCCCCCCCCCCCCCCCCCCC. The first-order valence-corrected chi connectivity index (χ1v) is 39.7. The predicted octanol–water partition coefficient (Wildman–Crippen LogP) is 31.2. The highest BCUT2D eigenvalue weighted by atomic mass is 14.2. The van der Waals surface area contributed by atoms with Gasteiger partial charge in [-0.3, -0.25) is 0 Å². The molecule has 0 rings (SSSR count). The van der Waals surface area contributed by atoms with Crippen LogP contribution in [0, 0.1) is 11.8 Å². The van der Waals surface area contributed by atoms with Crippen LogP contribution in [0.15, 0.2) is 0 Å². The molecule has 0 aromatic rings. The number of hydrogen-bond acceptors (Lipinski definition) is 0. The van der Waals surface area contributed by atoms with Crippen molar-refractivity contribution in [1.82, 2.24) is 0 Å². The van der Waals surface area contributed by atoms with E-state index < -0.39 is 0 Å². The Kier molecular flexibility index (Phi) is 75.1. The van der Waals surface area contributed by atoms with Crippen LogP contribution in [0.25, 0.3) is 0 Å². The molecule has 0 radical (unpaired) electrons. The third-order valence-electron chi connectivity index (χ3n) is 19.8. The van der Waals surface area contributed by atoms with Gasteiger partial charge in [-0.2, -0.15) is 0 Å². The molecular formula is C80H162. The van der Waals surface area contributed by atoms with E-state index in [2.05, 4.69) is 27.7 Å². The average Bonchev–Trinajstić information content (AvgIpc) is 3.46. The molecule has 2 atom stereocenters. The molecule has 0 saturated heterocycles. The molecule has 0 aliphatic rings. The molecule has 482 valence electrons. The lowest BCUT2D eigenvalue weighted by atomic mass is 9.89. The first kappa shape index (κ1) is 80.0. The van der Waals surface area contributed by atoms with Crippen molar-refractivity contribution < 1.29 is 0 Å². The van der Waals surface area contributed by atoms with Crippen LogP contribution in [0.5, 0.6) is 0 Å². The van der Waals surface area contributed by atoms with Crippen LogP contribution in [0.3, 0.4) is 0 Å². The maximum Gasteiger partial charge on any atom is -0.0414 e. The lowest BCUT2D eigenvalue weighted by Gasteiger charge is -2.17. The van der Waals surface area contributed by atoms with Gasteiger partial charge >= 0.3 is 0 Å². The molecule has 0 aliphatic carbocycles. The van der Waals surface area contributed by atoms with E-state index in [1.54, 1.807) is 0 Å². The summed E-state index contributed by atoms with van der Waals surface area (Å²) in [7, 11) is 0. The maximum atomic E-state index is 2.56. The van der Waals surface area contributed by atoms with Crippen LogP contribution in [-0.2, 0) is 0 Å². The van der Waals surface area contributed by atoms with Crippen molar-refractivity contribution in [1.29, 1.82) is 0 Å². The fraction of sp³-hybridized carbons (Fsp3) is 1.00. The molecule has 0 fully saturated rings. The molecule has 0 bridgehead atoms. The van der Waals surface area contributed by atoms with Gasteiger partial charge in [-0.25, -0.2) is 0 Å². The van der Waals surface area contributed by atoms with Crippen molar-refractivity contribution in [3.63, 3.8) is 0 Å². The lowest BCUT2D eigenvalue weighted by Crippen LogP contribution is -2.02. The second kappa shape index (κ2) is 75.1. The molecule has 0 nitrogen and oxygen atoms in total. The van der Waals surface area contributed by atoms with Gasteiger partial charge in [0.15, 0.2) is 0 Å². The Labute approximate surface area is 512 Å². The third-order valence-corrected chi connectivity index (χ3v) is 19.8. The quantitative estimate of drug-likeness (QED) is 0.0533. The van der Waals surface area contributed by atoms with Crippen LogP contribution < -0.4 is 0 Å². The molecule has 2 unspecified atom stereocenters. The van der Waals surface area contributed by atoms with E-state index in [9.17, 15) is 0 Å². The van der Waals surface area contributed by atoms with Crippen LogP contribution in [0.4, 0.5) is 0 Å². The van der Waals surface area contributed by atoms with Crippen molar-refractivity contribution in [2.24, 2.45) is 11.8 Å². The molecule has 80 heavy (non-hydrogen) atoms. The summed E-state index contributed by atoms with van der Waals surface area (Å²) in [4.78, 5) is 0. The molecule has 0 heterocycles. The summed E-state index contributed by atoms with van der Waals surface area (Å²) in [5, 5.41) is 0. The minimum absolute atomic E-state index is 0.950. The minimum atomic E-state index is 0.950. The van der Waals surface area contributed by atoms with Crippen LogP contribution in [-0.4, -0.2) is 0 Å². The standard InChI is InChI=1S/C80H162/c1-5-8-11-14-17-20-23-26-29-32-35-37-39-40-41-43-45-48-51-54-57-60-63-66-72-77-80(76-71-65-62-59-56-53-50-47-44-42-38-36-33-30-27-24-21-18-15-12-9-6-2)78-73-68-67-70-75-79(4)74-69-64-61-58-55-52-49-46-34-31-28-25-22-19-16-13-10-7-3/h79-80H,5-78H2,1-4H3. The molecule has 0 saturated carbocycles.